The highest BCUT2D eigenvalue weighted by atomic mass is 17.4. The number of aliphatic carboxylic acids is 1. The second-order valence-corrected chi connectivity index (χ2v) is 0.863. The summed E-state index contributed by atoms with van der Waals surface area (Å²) in [6.45, 7) is 0. The minimum Gasteiger partial charge on any atom is -0.477 e. The fourth-order valence-electron chi connectivity index (χ4n) is 0.110. The van der Waals surface area contributed by atoms with Crippen molar-refractivity contribution in [1.29, 1.82) is 0 Å². The zero-order valence-electron chi connectivity index (χ0n) is 2.75. The summed E-state index contributed by atoms with van der Waals surface area (Å²) in [5.74, 6) is -1.07. The smallest absolute Gasteiger partial charge is 0.367 e. The van der Waals surface area contributed by atoms with Crippen molar-refractivity contribution >= 4 is 5.97 Å². The van der Waals surface area contributed by atoms with Crippen LogP contribution in [0.5, 0.6) is 0 Å². The first kappa shape index (κ1) is 3.58. The lowest BCUT2D eigenvalue weighted by Crippen LogP contribution is -2.01. The van der Waals surface area contributed by atoms with Crippen molar-refractivity contribution in [2.45, 2.75) is 6.29 Å². The van der Waals surface area contributed by atoms with Crippen LogP contribution in [0.25, 0.3) is 0 Å². The van der Waals surface area contributed by atoms with E-state index in [1.54, 1.807) is 0 Å². The average molecular weight is 90.0 g/mol. The van der Waals surface area contributed by atoms with Crippen molar-refractivity contribution in [3.8, 4) is 0 Å². The topological polar surface area (TPSA) is 62.4 Å². The van der Waals surface area contributed by atoms with Gasteiger partial charge >= 0.3 is 12.3 Å². The van der Waals surface area contributed by atoms with Crippen molar-refractivity contribution in [3.63, 3.8) is 0 Å². The van der Waals surface area contributed by atoms with E-state index in [9.17, 15) is 4.79 Å². The van der Waals surface area contributed by atoms with E-state index >= 15 is 0 Å². The van der Waals surface area contributed by atoms with Gasteiger partial charge in [-0.15, -0.1) is 0 Å². The van der Waals surface area contributed by atoms with E-state index in [-0.39, 0.29) is 0 Å². The monoisotopic (exact) mass is 90.0 g/mol. The summed E-state index contributed by atoms with van der Waals surface area (Å²) < 4.78 is 0. The molecule has 0 radical (unpaired) electrons. The van der Waals surface area contributed by atoms with Gasteiger partial charge in [0.25, 0.3) is 0 Å². The molecule has 0 aromatic rings. The molecule has 0 spiro atoms. The van der Waals surface area contributed by atoms with E-state index in [0.717, 1.165) is 0 Å². The number of rotatable bonds is 1. The lowest BCUT2D eigenvalue weighted by molar-refractivity contribution is -0.138. The molecule has 1 aliphatic rings. The van der Waals surface area contributed by atoms with Gasteiger partial charge in [-0.2, -0.15) is 9.78 Å². The van der Waals surface area contributed by atoms with Crippen LogP contribution in [-0.2, 0) is 14.6 Å². The maximum absolute atomic E-state index is 9.51. The first-order valence-electron chi connectivity index (χ1n) is 1.35. The lowest BCUT2D eigenvalue weighted by Gasteiger charge is -1.67. The second-order valence-electron chi connectivity index (χ2n) is 0.863. The van der Waals surface area contributed by atoms with Crippen LogP contribution in [0.2, 0.25) is 0 Å². The van der Waals surface area contributed by atoms with Crippen molar-refractivity contribution in [2.24, 2.45) is 0 Å². The highest BCUT2D eigenvalue weighted by molar-refractivity contribution is 5.71. The second kappa shape index (κ2) is 0.924. The van der Waals surface area contributed by atoms with Crippen LogP contribution in [0, 0.1) is 0 Å². The fourth-order valence-corrected chi connectivity index (χ4v) is 0.110. The van der Waals surface area contributed by atoms with E-state index in [1.165, 1.54) is 0 Å². The SMILES string of the molecule is O=C(O)C1OO1. The normalized spacial score (nSPS) is 20.7. The molecule has 0 aliphatic carbocycles. The Morgan fingerprint density at radius 2 is 2.17 bits per heavy atom. The number of carbonyl (C=O) groups is 1. The van der Waals surface area contributed by atoms with E-state index < -0.39 is 12.3 Å². The molecule has 1 heterocycles. The molecule has 0 atom stereocenters. The molecule has 34 valence electrons. The molecule has 1 saturated heterocycles. The number of carboxylic acids is 1. The quantitative estimate of drug-likeness (QED) is 0.343. The molecule has 1 rings (SSSR count). The molecule has 1 fully saturated rings. The van der Waals surface area contributed by atoms with Crippen LogP contribution in [0.1, 0.15) is 0 Å². The molecule has 4 nitrogen and oxygen atoms in total. The fraction of sp³-hybridized carbons (Fsp3) is 0.500. The van der Waals surface area contributed by atoms with Crippen LogP contribution in [0.15, 0.2) is 0 Å². The Kier molecular flexibility index (Phi) is 0.551. The Labute approximate surface area is 33.2 Å². The summed E-state index contributed by atoms with van der Waals surface area (Å²) >= 11 is 0. The maximum atomic E-state index is 9.51. The zero-order chi connectivity index (χ0) is 4.57. The molecule has 0 saturated carbocycles. The highest BCUT2D eigenvalue weighted by Gasteiger charge is 2.34. The first-order chi connectivity index (χ1) is 2.80. The maximum Gasteiger partial charge on any atom is 0.367 e. The largest absolute Gasteiger partial charge is 0.477 e. The van der Waals surface area contributed by atoms with Gasteiger partial charge in [0.1, 0.15) is 0 Å². The van der Waals surface area contributed by atoms with Gasteiger partial charge < -0.3 is 5.11 Å². The van der Waals surface area contributed by atoms with Crippen LogP contribution in [-0.4, -0.2) is 17.4 Å². The summed E-state index contributed by atoms with van der Waals surface area (Å²) in [5, 5.41) is 7.80. The molecule has 0 unspecified atom stereocenters. The lowest BCUT2D eigenvalue weighted by atomic mass is 10.7. The van der Waals surface area contributed by atoms with Crippen LogP contribution >= 0.6 is 0 Å². The summed E-state index contributed by atoms with van der Waals surface area (Å²) in [5.41, 5.74) is 0. The third-order valence-electron chi connectivity index (χ3n) is 0.394. The molecule has 4 heteroatoms. The Morgan fingerprint density at radius 1 is 1.67 bits per heavy atom. The molecule has 0 aromatic carbocycles. The van der Waals surface area contributed by atoms with Crippen LogP contribution in [0.3, 0.4) is 0 Å². The van der Waals surface area contributed by atoms with Gasteiger partial charge in [0.05, 0.1) is 0 Å². The molecular weight excluding hydrogens is 88.0 g/mol. The molecule has 0 bridgehead atoms. The van der Waals surface area contributed by atoms with Gasteiger partial charge in [-0.3, -0.25) is 0 Å². The molecule has 1 N–H and O–H groups in total. The Morgan fingerprint density at radius 3 is 2.17 bits per heavy atom. The van der Waals surface area contributed by atoms with Crippen LogP contribution in [0.4, 0.5) is 0 Å². The molecule has 6 heavy (non-hydrogen) atoms. The van der Waals surface area contributed by atoms with E-state index in [2.05, 4.69) is 9.78 Å². The molecule has 1 aliphatic heterocycles. The first-order valence-corrected chi connectivity index (χ1v) is 1.35. The standard InChI is InChI=1S/C2H2O4/c3-1(4)2-5-6-2/h2H,(H,3,4). The minimum atomic E-state index is -1.07. The number of carboxylic acid groups (broad SMARTS) is 1. The average Bonchev–Trinajstić information content (AvgIpc) is 2.06. The number of hydrogen-bond donors (Lipinski definition) is 1. The summed E-state index contributed by atoms with van der Waals surface area (Å²) in [7, 11) is 0. The minimum absolute atomic E-state index is 0.981. The third-order valence-corrected chi connectivity index (χ3v) is 0.394. The molecule has 0 amide bonds. The molecule has 0 aromatic heterocycles. The van der Waals surface area contributed by atoms with Gasteiger partial charge in [0.2, 0.25) is 0 Å². The van der Waals surface area contributed by atoms with Gasteiger partial charge in [-0.1, -0.05) is 0 Å². The summed E-state index contributed by atoms with van der Waals surface area (Å²) in [6, 6.07) is 0. The summed E-state index contributed by atoms with van der Waals surface area (Å²) in [6.07, 6.45) is -0.981. The third kappa shape index (κ3) is 0.474. The molecular formula is C2H2O4. The van der Waals surface area contributed by atoms with E-state index in [0.29, 0.717) is 0 Å². The zero-order valence-corrected chi connectivity index (χ0v) is 2.75. The Balaban J connectivity index is 2.31. The highest BCUT2D eigenvalue weighted by Crippen LogP contribution is 2.10. The van der Waals surface area contributed by atoms with Gasteiger partial charge in [-0.25, -0.2) is 4.79 Å². The number of hydrogen-bond acceptors (Lipinski definition) is 3. The van der Waals surface area contributed by atoms with Crippen molar-refractivity contribution < 1.29 is 19.7 Å². The van der Waals surface area contributed by atoms with Crippen molar-refractivity contribution in [1.82, 2.24) is 0 Å². The predicted octanol–water partition coefficient (Wildman–Crippen LogP) is -0.641. The predicted molar refractivity (Wildman–Crippen MR) is 13.6 cm³/mol. The van der Waals surface area contributed by atoms with Gasteiger partial charge in [0, 0.05) is 0 Å². The van der Waals surface area contributed by atoms with Gasteiger partial charge in [-0.05, 0) is 0 Å². The summed E-state index contributed by atoms with van der Waals surface area (Å²) in [4.78, 5) is 17.3. The van der Waals surface area contributed by atoms with Crippen molar-refractivity contribution in [2.75, 3.05) is 0 Å². The van der Waals surface area contributed by atoms with Crippen LogP contribution < -0.4 is 0 Å². The van der Waals surface area contributed by atoms with Crippen molar-refractivity contribution in [3.05, 3.63) is 0 Å². The Bertz CT molecular complexity index is 73.6. The Hall–Kier alpha value is -0.610. The van der Waals surface area contributed by atoms with E-state index in [1.807, 2.05) is 0 Å². The van der Waals surface area contributed by atoms with E-state index in [4.69, 9.17) is 5.11 Å². The van der Waals surface area contributed by atoms with Gasteiger partial charge in [0.15, 0.2) is 0 Å².